The molecule has 2 N–H and O–H groups in total. The van der Waals surface area contributed by atoms with E-state index in [1.54, 1.807) is 4.90 Å². The molecule has 0 aromatic carbocycles. The topological polar surface area (TPSA) is 78.9 Å². The van der Waals surface area contributed by atoms with Gasteiger partial charge in [-0.1, -0.05) is 19.8 Å². The number of nitrogens with one attached hydrogen (secondary N) is 1. The summed E-state index contributed by atoms with van der Waals surface area (Å²) in [6.45, 7) is 4.17. The van der Waals surface area contributed by atoms with Crippen molar-refractivity contribution in [3.05, 3.63) is 0 Å². The number of piperidine rings is 1. The molecule has 1 saturated heterocycles. The number of nitrogens with zero attached hydrogens (tertiary/aromatic N) is 1. The van der Waals surface area contributed by atoms with Crippen molar-refractivity contribution in [3.8, 4) is 0 Å². The predicted molar refractivity (Wildman–Crippen MR) is 82.7 cm³/mol. The van der Waals surface area contributed by atoms with Crippen LogP contribution < -0.4 is 5.32 Å². The largest absolute Gasteiger partial charge is 0.481 e. The van der Waals surface area contributed by atoms with E-state index in [0.29, 0.717) is 44.7 Å². The molecule has 1 aliphatic heterocycles. The maximum atomic E-state index is 12.0. The number of urea groups is 1. The second kappa shape index (κ2) is 8.36. The average Bonchev–Trinajstić information content (AvgIpc) is 2.53. The van der Waals surface area contributed by atoms with Gasteiger partial charge in [-0.3, -0.25) is 4.79 Å². The molecule has 2 aliphatic rings. The van der Waals surface area contributed by atoms with Gasteiger partial charge >= 0.3 is 12.0 Å². The lowest BCUT2D eigenvalue weighted by Gasteiger charge is -2.31. The van der Waals surface area contributed by atoms with Crippen LogP contribution in [0.2, 0.25) is 0 Å². The van der Waals surface area contributed by atoms with Crippen molar-refractivity contribution < 1.29 is 19.4 Å². The lowest BCUT2D eigenvalue weighted by molar-refractivity contribution is -0.143. The fourth-order valence-corrected chi connectivity index (χ4v) is 3.37. The highest BCUT2D eigenvalue weighted by Crippen LogP contribution is 2.26. The number of rotatable bonds is 5. The quantitative estimate of drug-likeness (QED) is 0.762. The number of aliphatic carboxylic acids is 1. The molecular weight excluding hydrogens is 284 g/mol. The average molecular weight is 312 g/mol. The molecule has 1 saturated carbocycles. The molecule has 0 aromatic heterocycles. The van der Waals surface area contributed by atoms with E-state index in [1.807, 2.05) is 0 Å². The first-order chi connectivity index (χ1) is 10.6. The van der Waals surface area contributed by atoms with Crippen LogP contribution >= 0.6 is 0 Å². The molecular formula is C16H28N2O4. The van der Waals surface area contributed by atoms with Crippen LogP contribution in [0.4, 0.5) is 4.79 Å². The van der Waals surface area contributed by atoms with Crippen LogP contribution in [0.3, 0.4) is 0 Å². The van der Waals surface area contributed by atoms with Gasteiger partial charge in [0.05, 0.1) is 18.6 Å². The summed E-state index contributed by atoms with van der Waals surface area (Å²) in [5.41, 5.74) is 0. The summed E-state index contributed by atoms with van der Waals surface area (Å²) in [5.74, 6) is -0.645. The Labute approximate surface area is 132 Å². The van der Waals surface area contributed by atoms with Gasteiger partial charge in [-0.2, -0.15) is 0 Å². The van der Waals surface area contributed by atoms with Crippen molar-refractivity contribution in [2.24, 2.45) is 11.8 Å². The number of carboxylic acid groups (broad SMARTS) is 1. The first-order valence-electron chi connectivity index (χ1n) is 8.45. The van der Waals surface area contributed by atoms with Gasteiger partial charge in [-0.05, 0) is 31.6 Å². The smallest absolute Gasteiger partial charge is 0.317 e. The lowest BCUT2D eigenvalue weighted by atomic mass is 9.88. The molecule has 0 spiro atoms. The minimum Gasteiger partial charge on any atom is -0.481 e. The van der Waals surface area contributed by atoms with Gasteiger partial charge in [0, 0.05) is 19.6 Å². The summed E-state index contributed by atoms with van der Waals surface area (Å²) in [5, 5.41) is 11.9. The van der Waals surface area contributed by atoms with E-state index < -0.39 is 11.9 Å². The normalized spacial score (nSPS) is 29.1. The summed E-state index contributed by atoms with van der Waals surface area (Å²) in [4.78, 5) is 24.7. The Bertz CT molecular complexity index is 388. The minimum atomic E-state index is -0.813. The molecule has 0 aromatic rings. The van der Waals surface area contributed by atoms with Crippen LogP contribution in [0.1, 0.15) is 45.4 Å². The highest BCUT2D eigenvalue weighted by Gasteiger charge is 2.28. The van der Waals surface area contributed by atoms with E-state index in [-0.39, 0.29) is 6.03 Å². The van der Waals surface area contributed by atoms with Crippen LogP contribution in [-0.2, 0) is 9.53 Å². The van der Waals surface area contributed by atoms with E-state index in [1.165, 1.54) is 19.3 Å². The Hall–Kier alpha value is -1.30. The van der Waals surface area contributed by atoms with Gasteiger partial charge in [0.1, 0.15) is 0 Å². The highest BCUT2D eigenvalue weighted by molar-refractivity contribution is 5.76. The Kier molecular flexibility index (Phi) is 6.49. The summed E-state index contributed by atoms with van der Waals surface area (Å²) >= 11 is 0. The number of ether oxygens (including phenoxy) is 1. The molecule has 1 aliphatic carbocycles. The molecule has 2 amide bonds. The molecule has 3 atom stereocenters. The zero-order valence-electron chi connectivity index (χ0n) is 13.4. The summed E-state index contributed by atoms with van der Waals surface area (Å²) < 4.78 is 5.86. The van der Waals surface area contributed by atoms with Gasteiger partial charge < -0.3 is 20.1 Å². The van der Waals surface area contributed by atoms with Crippen molar-refractivity contribution in [3.63, 3.8) is 0 Å². The molecule has 0 bridgehead atoms. The Balaban J connectivity index is 1.64. The fraction of sp³-hybridized carbons (Fsp3) is 0.875. The van der Waals surface area contributed by atoms with Gasteiger partial charge in [-0.25, -0.2) is 4.79 Å². The van der Waals surface area contributed by atoms with Crippen LogP contribution in [0, 0.1) is 11.8 Å². The SMILES string of the molecule is CC1CCCCC1OCCNC(=O)N1CCCC(C(=O)O)C1. The van der Waals surface area contributed by atoms with Crippen molar-refractivity contribution in [2.75, 3.05) is 26.2 Å². The molecule has 3 unspecified atom stereocenters. The fourth-order valence-electron chi connectivity index (χ4n) is 3.37. The molecule has 0 radical (unpaired) electrons. The monoisotopic (exact) mass is 312 g/mol. The number of hydrogen-bond donors (Lipinski definition) is 2. The molecule has 6 heteroatoms. The van der Waals surface area contributed by atoms with Crippen LogP contribution in [0.25, 0.3) is 0 Å². The third kappa shape index (κ3) is 4.87. The number of carbonyl (C=O) groups is 2. The molecule has 2 fully saturated rings. The molecule has 2 rings (SSSR count). The zero-order chi connectivity index (χ0) is 15.9. The number of amides is 2. The highest BCUT2D eigenvalue weighted by atomic mass is 16.5. The Morgan fingerprint density at radius 2 is 2.00 bits per heavy atom. The van der Waals surface area contributed by atoms with E-state index in [4.69, 9.17) is 9.84 Å². The van der Waals surface area contributed by atoms with Crippen LogP contribution in [0.15, 0.2) is 0 Å². The van der Waals surface area contributed by atoms with Crippen molar-refractivity contribution in [2.45, 2.75) is 51.6 Å². The first kappa shape index (κ1) is 17.1. The maximum Gasteiger partial charge on any atom is 0.317 e. The number of carboxylic acids is 1. The molecule has 1 heterocycles. The lowest BCUT2D eigenvalue weighted by Crippen LogP contribution is -2.47. The summed E-state index contributed by atoms with van der Waals surface area (Å²) in [7, 11) is 0. The number of hydrogen-bond acceptors (Lipinski definition) is 3. The van der Waals surface area contributed by atoms with E-state index in [9.17, 15) is 9.59 Å². The molecule has 126 valence electrons. The molecule has 22 heavy (non-hydrogen) atoms. The Morgan fingerprint density at radius 1 is 1.23 bits per heavy atom. The zero-order valence-corrected chi connectivity index (χ0v) is 13.4. The standard InChI is InChI=1S/C16H28N2O4/c1-12-5-2-3-7-14(12)22-10-8-17-16(21)18-9-4-6-13(11-18)15(19)20/h12-14H,2-11H2,1H3,(H,17,21)(H,19,20). The second-order valence-electron chi connectivity index (χ2n) is 6.53. The van der Waals surface area contributed by atoms with Crippen molar-refractivity contribution in [1.82, 2.24) is 10.2 Å². The summed E-state index contributed by atoms with van der Waals surface area (Å²) in [6.07, 6.45) is 6.57. The number of likely N-dealkylation sites (tertiary alicyclic amines) is 1. The van der Waals surface area contributed by atoms with Gasteiger partial charge in [0.2, 0.25) is 0 Å². The van der Waals surface area contributed by atoms with Crippen molar-refractivity contribution in [1.29, 1.82) is 0 Å². The second-order valence-corrected chi connectivity index (χ2v) is 6.53. The van der Waals surface area contributed by atoms with E-state index in [2.05, 4.69) is 12.2 Å². The summed E-state index contributed by atoms with van der Waals surface area (Å²) in [6, 6.07) is -0.175. The van der Waals surface area contributed by atoms with Gasteiger partial charge in [0.15, 0.2) is 0 Å². The maximum absolute atomic E-state index is 12.0. The van der Waals surface area contributed by atoms with Crippen molar-refractivity contribution >= 4 is 12.0 Å². The minimum absolute atomic E-state index is 0.175. The number of carbonyl (C=O) groups excluding carboxylic acids is 1. The first-order valence-corrected chi connectivity index (χ1v) is 8.45. The van der Waals surface area contributed by atoms with E-state index in [0.717, 1.165) is 12.8 Å². The Morgan fingerprint density at radius 3 is 2.73 bits per heavy atom. The molecule has 6 nitrogen and oxygen atoms in total. The third-order valence-electron chi connectivity index (χ3n) is 4.80. The van der Waals surface area contributed by atoms with Gasteiger partial charge in [-0.15, -0.1) is 0 Å². The predicted octanol–water partition coefficient (Wildman–Crippen LogP) is 2.09. The van der Waals surface area contributed by atoms with Crippen LogP contribution in [0.5, 0.6) is 0 Å². The van der Waals surface area contributed by atoms with Gasteiger partial charge in [0.25, 0.3) is 0 Å². The van der Waals surface area contributed by atoms with Crippen LogP contribution in [-0.4, -0.2) is 54.4 Å². The third-order valence-corrected chi connectivity index (χ3v) is 4.80. The van der Waals surface area contributed by atoms with E-state index >= 15 is 0 Å².